The molecule has 0 spiro atoms. The van der Waals surface area contributed by atoms with Crippen LogP contribution in [0.1, 0.15) is 36.6 Å². The SMILES string of the molecule is CCOC(=O)N1CCC(Nc2cc(C)nc(Nc3cc(C)ccc3C)n2)CC1. The lowest BCUT2D eigenvalue weighted by Gasteiger charge is -2.31. The number of nitrogens with zero attached hydrogens (tertiary/aromatic N) is 3. The summed E-state index contributed by atoms with van der Waals surface area (Å²) in [5.74, 6) is 1.38. The Kier molecular flexibility index (Phi) is 6.34. The average molecular weight is 383 g/mol. The zero-order chi connectivity index (χ0) is 20.1. The van der Waals surface area contributed by atoms with Gasteiger partial charge in [-0.1, -0.05) is 12.1 Å². The number of carbonyl (C=O) groups excluding carboxylic acids is 1. The lowest BCUT2D eigenvalue weighted by atomic mass is 10.1. The van der Waals surface area contributed by atoms with Crippen LogP contribution < -0.4 is 10.6 Å². The first-order valence-corrected chi connectivity index (χ1v) is 9.83. The highest BCUT2D eigenvalue weighted by Gasteiger charge is 2.23. The third-order valence-corrected chi connectivity index (χ3v) is 4.87. The van der Waals surface area contributed by atoms with Gasteiger partial charge in [0.25, 0.3) is 0 Å². The minimum absolute atomic E-state index is 0.223. The second-order valence-corrected chi connectivity index (χ2v) is 7.27. The van der Waals surface area contributed by atoms with Crippen molar-refractivity contribution in [2.45, 2.75) is 46.6 Å². The number of ether oxygens (including phenoxy) is 1. The highest BCUT2D eigenvalue weighted by Crippen LogP contribution is 2.22. The summed E-state index contributed by atoms with van der Waals surface area (Å²) in [5.41, 5.74) is 4.25. The van der Waals surface area contributed by atoms with Crippen molar-refractivity contribution in [2.75, 3.05) is 30.3 Å². The maximum atomic E-state index is 11.8. The molecule has 2 N–H and O–H groups in total. The summed E-state index contributed by atoms with van der Waals surface area (Å²) in [7, 11) is 0. The van der Waals surface area contributed by atoms with Crippen molar-refractivity contribution in [3.05, 3.63) is 41.1 Å². The molecule has 1 aliphatic heterocycles. The lowest BCUT2D eigenvalue weighted by Crippen LogP contribution is -2.42. The van der Waals surface area contributed by atoms with Gasteiger partial charge in [-0.2, -0.15) is 4.98 Å². The van der Waals surface area contributed by atoms with Gasteiger partial charge in [0.05, 0.1) is 6.61 Å². The van der Waals surface area contributed by atoms with E-state index in [1.54, 1.807) is 4.90 Å². The van der Waals surface area contributed by atoms with E-state index >= 15 is 0 Å². The molecule has 0 radical (unpaired) electrons. The summed E-state index contributed by atoms with van der Waals surface area (Å²) < 4.78 is 5.08. The Bertz CT molecular complexity index is 832. The van der Waals surface area contributed by atoms with Gasteiger partial charge in [0.1, 0.15) is 5.82 Å². The van der Waals surface area contributed by atoms with Crippen molar-refractivity contribution in [1.82, 2.24) is 14.9 Å². The highest BCUT2D eigenvalue weighted by atomic mass is 16.6. The van der Waals surface area contributed by atoms with E-state index in [0.717, 1.165) is 35.6 Å². The number of nitrogens with one attached hydrogen (secondary N) is 2. The predicted octanol–water partition coefficient (Wildman–Crippen LogP) is 4.18. The number of benzene rings is 1. The zero-order valence-corrected chi connectivity index (χ0v) is 17.1. The fraction of sp³-hybridized carbons (Fsp3) is 0.476. The molecule has 1 fully saturated rings. The van der Waals surface area contributed by atoms with Crippen molar-refractivity contribution in [3.63, 3.8) is 0 Å². The molecule has 1 aliphatic rings. The lowest BCUT2D eigenvalue weighted by molar-refractivity contribution is 0.0983. The van der Waals surface area contributed by atoms with Crippen LogP contribution in [-0.2, 0) is 4.74 Å². The summed E-state index contributed by atoms with van der Waals surface area (Å²) in [6.07, 6.45) is 1.50. The molecule has 2 aromatic rings. The second-order valence-electron chi connectivity index (χ2n) is 7.27. The maximum absolute atomic E-state index is 11.8. The number of carbonyl (C=O) groups is 1. The van der Waals surface area contributed by atoms with Crippen molar-refractivity contribution < 1.29 is 9.53 Å². The van der Waals surface area contributed by atoms with Crippen LogP contribution in [0.15, 0.2) is 24.3 Å². The van der Waals surface area contributed by atoms with Crippen molar-refractivity contribution in [2.24, 2.45) is 0 Å². The fourth-order valence-electron chi connectivity index (χ4n) is 3.32. The highest BCUT2D eigenvalue weighted by molar-refractivity contribution is 5.67. The Hall–Kier alpha value is -2.83. The Morgan fingerprint density at radius 3 is 2.64 bits per heavy atom. The van der Waals surface area contributed by atoms with Gasteiger partial charge in [-0.3, -0.25) is 0 Å². The first kappa shape index (κ1) is 19.9. The Balaban J connectivity index is 1.64. The van der Waals surface area contributed by atoms with E-state index in [-0.39, 0.29) is 12.1 Å². The van der Waals surface area contributed by atoms with Crippen LogP contribution in [0.5, 0.6) is 0 Å². The zero-order valence-electron chi connectivity index (χ0n) is 17.1. The second kappa shape index (κ2) is 8.91. The largest absolute Gasteiger partial charge is 0.450 e. The smallest absolute Gasteiger partial charge is 0.409 e. The van der Waals surface area contributed by atoms with Gasteiger partial charge in [-0.25, -0.2) is 9.78 Å². The van der Waals surface area contributed by atoms with Crippen molar-refractivity contribution >= 4 is 23.5 Å². The van der Waals surface area contributed by atoms with Gasteiger partial charge in [-0.15, -0.1) is 0 Å². The summed E-state index contributed by atoms with van der Waals surface area (Å²) in [4.78, 5) is 22.8. The summed E-state index contributed by atoms with van der Waals surface area (Å²) in [6, 6.07) is 8.50. The number of hydrogen-bond acceptors (Lipinski definition) is 6. The first-order chi connectivity index (χ1) is 13.4. The Morgan fingerprint density at radius 1 is 1.18 bits per heavy atom. The molecule has 1 aromatic carbocycles. The van der Waals surface area contributed by atoms with E-state index < -0.39 is 0 Å². The quantitative estimate of drug-likeness (QED) is 0.806. The van der Waals surface area contributed by atoms with Gasteiger partial charge in [0.15, 0.2) is 0 Å². The molecule has 7 nitrogen and oxygen atoms in total. The van der Waals surface area contributed by atoms with Crippen LogP contribution in [0.25, 0.3) is 0 Å². The van der Waals surface area contributed by atoms with E-state index in [1.807, 2.05) is 19.9 Å². The van der Waals surface area contributed by atoms with E-state index in [2.05, 4.69) is 52.6 Å². The molecule has 0 saturated carbocycles. The number of hydrogen-bond donors (Lipinski definition) is 2. The van der Waals surface area contributed by atoms with Crippen molar-refractivity contribution in [1.29, 1.82) is 0 Å². The summed E-state index contributed by atoms with van der Waals surface area (Å²) in [5, 5.41) is 6.83. The van der Waals surface area contributed by atoms with E-state index in [0.29, 0.717) is 25.6 Å². The van der Waals surface area contributed by atoms with Crippen LogP contribution in [0.4, 0.5) is 22.2 Å². The first-order valence-electron chi connectivity index (χ1n) is 9.83. The minimum Gasteiger partial charge on any atom is -0.450 e. The van der Waals surface area contributed by atoms with Crippen LogP contribution in [-0.4, -0.2) is 46.7 Å². The van der Waals surface area contributed by atoms with Crippen LogP contribution in [0.3, 0.4) is 0 Å². The summed E-state index contributed by atoms with van der Waals surface area (Å²) in [6.45, 7) is 9.71. The molecule has 28 heavy (non-hydrogen) atoms. The van der Waals surface area contributed by atoms with Gasteiger partial charge in [0.2, 0.25) is 5.95 Å². The molecule has 0 aliphatic carbocycles. The van der Waals surface area contributed by atoms with Crippen molar-refractivity contribution in [3.8, 4) is 0 Å². The molecule has 1 amide bonds. The monoisotopic (exact) mass is 383 g/mol. The molecular formula is C21H29N5O2. The van der Waals surface area contributed by atoms with Gasteiger partial charge < -0.3 is 20.3 Å². The minimum atomic E-state index is -0.223. The third-order valence-electron chi connectivity index (χ3n) is 4.87. The fourth-order valence-corrected chi connectivity index (χ4v) is 3.32. The molecule has 0 atom stereocenters. The summed E-state index contributed by atoms with van der Waals surface area (Å²) >= 11 is 0. The normalized spacial score (nSPS) is 14.6. The number of amides is 1. The topological polar surface area (TPSA) is 79.4 Å². The van der Waals surface area contributed by atoms with Gasteiger partial charge in [0, 0.05) is 36.6 Å². The van der Waals surface area contributed by atoms with E-state index in [1.165, 1.54) is 5.56 Å². The molecular weight excluding hydrogens is 354 g/mol. The number of aryl methyl sites for hydroxylation is 3. The van der Waals surface area contributed by atoms with Crippen LogP contribution in [0.2, 0.25) is 0 Å². The molecule has 1 aromatic heterocycles. The number of piperidine rings is 1. The molecule has 2 heterocycles. The molecule has 7 heteroatoms. The van der Waals surface area contributed by atoms with Crippen LogP contribution >= 0.6 is 0 Å². The molecule has 3 rings (SSSR count). The number of anilines is 3. The molecule has 150 valence electrons. The van der Waals surface area contributed by atoms with Gasteiger partial charge >= 0.3 is 6.09 Å². The predicted molar refractivity (Wildman–Crippen MR) is 111 cm³/mol. The molecule has 1 saturated heterocycles. The molecule has 0 unspecified atom stereocenters. The number of aromatic nitrogens is 2. The number of likely N-dealkylation sites (tertiary alicyclic amines) is 1. The Morgan fingerprint density at radius 2 is 1.93 bits per heavy atom. The Labute approximate surface area is 166 Å². The van der Waals surface area contributed by atoms with Crippen LogP contribution in [0, 0.1) is 20.8 Å². The van der Waals surface area contributed by atoms with E-state index in [9.17, 15) is 4.79 Å². The van der Waals surface area contributed by atoms with Gasteiger partial charge in [-0.05, 0) is 57.7 Å². The standard InChI is InChI=1S/C21H29N5O2/c1-5-28-21(27)26-10-8-17(9-11-26)23-19-13-16(4)22-20(25-19)24-18-12-14(2)6-7-15(18)3/h6-7,12-13,17H,5,8-11H2,1-4H3,(H2,22,23,24,25). The molecule has 0 bridgehead atoms. The third kappa shape index (κ3) is 5.12. The van der Waals surface area contributed by atoms with E-state index in [4.69, 9.17) is 4.74 Å². The maximum Gasteiger partial charge on any atom is 0.409 e. The number of rotatable bonds is 5. The average Bonchev–Trinajstić information content (AvgIpc) is 2.65.